The second kappa shape index (κ2) is 7.60. The van der Waals surface area contributed by atoms with Gasteiger partial charge in [-0.3, -0.25) is 9.78 Å². The zero-order valence-corrected chi connectivity index (χ0v) is 14.8. The lowest BCUT2D eigenvalue weighted by molar-refractivity contribution is -0.139. The molecule has 8 nitrogen and oxygen atoms in total. The largest absolute Gasteiger partial charge is 0.372 e. The van der Waals surface area contributed by atoms with Crippen LogP contribution in [0.1, 0.15) is 35.2 Å². The monoisotopic (exact) mass is 345 g/mol. The van der Waals surface area contributed by atoms with Gasteiger partial charge in [0.05, 0.1) is 18.8 Å². The molecular formula is C17H23N5O3. The van der Waals surface area contributed by atoms with E-state index in [9.17, 15) is 4.79 Å². The van der Waals surface area contributed by atoms with Gasteiger partial charge >= 0.3 is 0 Å². The summed E-state index contributed by atoms with van der Waals surface area (Å²) in [5.41, 5.74) is 2.60. The summed E-state index contributed by atoms with van der Waals surface area (Å²) >= 11 is 0. The minimum Gasteiger partial charge on any atom is -0.372 e. The predicted octanol–water partition coefficient (Wildman–Crippen LogP) is 1.66. The normalized spacial score (nSPS) is 17.6. The molecule has 1 amide bonds. The Labute approximate surface area is 146 Å². The number of aryl methyl sites for hydroxylation is 2. The molecule has 1 N–H and O–H groups in total. The second-order valence-corrected chi connectivity index (χ2v) is 6.04. The van der Waals surface area contributed by atoms with Gasteiger partial charge in [0, 0.05) is 38.0 Å². The van der Waals surface area contributed by atoms with Crippen LogP contribution < -0.4 is 5.32 Å². The quantitative estimate of drug-likeness (QED) is 0.880. The van der Waals surface area contributed by atoms with Gasteiger partial charge in [-0.15, -0.1) is 0 Å². The highest BCUT2D eigenvalue weighted by Gasteiger charge is 2.28. The Balaban J connectivity index is 1.64. The van der Waals surface area contributed by atoms with Crippen LogP contribution >= 0.6 is 0 Å². The number of rotatable bonds is 5. The summed E-state index contributed by atoms with van der Waals surface area (Å²) in [7, 11) is 1.79. The van der Waals surface area contributed by atoms with Crippen LogP contribution in [0.25, 0.3) is 0 Å². The van der Waals surface area contributed by atoms with Crippen LogP contribution in [0.5, 0.6) is 0 Å². The van der Waals surface area contributed by atoms with Gasteiger partial charge in [0.15, 0.2) is 0 Å². The minimum atomic E-state index is -0.270. The van der Waals surface area contributed by atoms with Gasteiger partial charge in [0.25, 0.3) is 0 Å². The molecule has 8 heteroatoms. The summed E-state index contributed by atoms with van der Waals surface area (Å²) in [6.45, 7) is 5.33. The fourth-order valence-corrected chi connectivity index (χ4v) is 3.07. The van der Waals surface area contributed by atoms with Crippen molar-refractivity contribution in [3.05, 3.63) is 35.1 Å². The van der Waals surface area contributed by atoms with Gasteiger partial charge < -0.3 is 19.5 Å². The number of nitrogens with one attached hydrogen (secondary N) is 1. The SMILES string of the molecule is CNc1nccnc1[C@@H]1CN(C(=O)CCc2c(C)noc2C)CCO1. The van der Waals surface area contributed by atoms with Crippen molar-refractivity contribution in [3.8, 4) is 0 Å². The first kappa shape index (κ1) is 17.3. The zero-order valence-electron chi connectivity index (χ0n) is 14.8. The van der Waals surface area contributed by atoms with Crippen LogP contribution in [0, 0.1) is 13.8 Å². The highest BCUT2D eigenvalue weighted by Crippen LogP contribution is 2.25. The fourth-order valence-electron chi connectivity index (χ4n) is 3.07. The summed E-state index contributed by atoms with van der Waals surface area (Å²) in [6, 6.07) is 0. The number of anilines is 1. The van der Waals surface area contributed by atoms with E-state index in [1.165, 1.54) is 0 Å². The van der Waals surface area contributed by atoms with Crippen molar-refractivity contribution in [2.45, 2.75) is 32.8 Å². The van der Waals surface area contributed by atoms with Crippen molar-refractivity contribution in [2.75, 3.05) is 32.1 Å². The maximum absolute atomic E-state index is 12.6. The molecule has 0 radical (unpaired) electrons. The number of amides is 1. The third kappa shape index (κ3) is 3.79. The molecule has 25 heavy (non-hydrogen) atoms. The standard InChI is InChI=1S/C17H23N5O3/c1-11-13(12(2)25-21-11)4-5-15(23)22-8-9-24-14(10-22)16-17(18-3)20-7-6-19-16/h6-7,14H,4-5,8-10H2,1-3H3,(H,18,20)/t14-/m0/s1. The predicted molar refractivity (Wildman–Crippen MR) is 91.1 cm³/mol. The molecule has 0 bridgehead atoms. The van der Waals surface area contributed by atoms with Gasteiger partial charge in [-0.25, -0.2) is 4.98 Å². The van der Waals surface area contributed by atoms with Crippen molar-refractivity contribution >= 4 is 11.7 Å². The van der Waals surface area contributed by atoms with Crippen LogP contribution in [0.2, 0.25) is 0 Å². The van der Waals surface area contributed by atoms with Crippen LogP contribution in [0.15, 0.2) is 16.9 Å². The molecule has 1 aliphatic rings. The molecule has 1 aliphatic heterocycles. The molecule has 0 saturated carbocycles. The molecule has 134 valence electrons. The van der Waals surface area contributed by atoms with E-state index in [4.69, 9.17) is 9.26 Å². The van der Waals surface area contributed by atoms with E-state index >= 15 is 0 Å². The maximum Gasteiger partial charge on any atom is 0.223 e. The molecule has 0 aliphatic carbocycles. The number of hydrogen-bond donors (Lipinski definition) is 1. The molecule has 1 fully saturated rings. The van der Waals surface area contributed by atoms with Crippen molar-refractivity contribution in [1.82, 2.24) is 20.0 Å². The second-order valence-electron chi connectivity index (χ2n) is 6.04. The fraction of sp³-hybridized carbons (Fsp3) is 0.529. The maximum atomic E-state index is 12.6. The Morgan fingerprint density at radius 2 is 2.16 bits per heavy atom. The first-order valence-electron chi connectivity index (χ1n) is 8.40. The minimum absolute atomic E-state index is 0.100. The molecule has 1 saturated heterocycles. The van der Waals surface area contributed by atoms with Gasteiger partial charge in [0.1, 0.15) is 23.4 Å². The van der Waals surface area contributed by atoms with Crippen molar-refractivity contribution in [1.29, 1.82) is 0 Å². The Kier molecular flexibility index (Phi) is 5.28. The van der Waals surface area contributed by atoms with E-state index in [1.54, 1.807) is 19.4 Å². The van der Waals surface area contributed by atoms with E-state index in [1.807, 2.05) is 18.7 Å². The third-order valence-corrected chi connectivity index (χ3v) is 4.46. The lowest BCUT2D eigenvalue weighted by atomic mass is 10.1. The Bertz CT molecular complexity index is 726. The number of hydrogen-bond acceptors (Lipinski definition) is 7. The zero-order chi connectivity index (χ0) is 17.8. The number of nitrogens with zero attached hydrogens (tertiary/aromatic N) is 4. The van der Waals surface area contributed by atoms with Crippen molar-refractivity contribution in [3.63, 3.8) is 0 Å². The number of aromatic nitrogens is 3. The average Bonchev–Trinajstić information content (AvgIpc) is 2.97. The third-order valence-electron chi connectivity index (χ3n) is 4.46. The first-order valence-corrected chi connectivity index (χ1v) is 8.40. The molecule has 2 aromatic heterocycles. The topological polar surface area (TPSA) is 93.4 Å². The highest BCUT2D eigenvalue weighted by molar-refractivity contribution is 5.76. The van der Waals surface area contributed by atoms with Crippen LogP contribution in [-0.2, 0) is 16.0 Å². The van der Waals surface area contributed by atoms with E-state index in [2.05, 4.69) is 20.4 Å². The molecule has 1 atom stereocenters. The van der Waals surface area contributed by atoms with Gasteiger partial charge in [-0.05, 0) is 20.3 Å². The lowest BCUT2D eigenvalue weighted by Crippen LogP contribution is -2.42. The Morgan fingerprint density at radius 1 is 1.36 bits per heavy atom. The number of ether oxygens (including phenoxy) is 1. The van der Waals surface area contributed by atoms with E-state index in [0.29, 0.717) is 38.4 Å². The molecule has 0 spiro atoms. The summed E-state index contributed by atoms with van der Waals surface area (Å²) in [5, 5.41) is 6.95. The Hall–Kier alpha value is -2.48. The molecular weight excluding hydrogens is 322 g/mol. The van der Waals surface area contributed by atoms with Crippen molar-refractivity contribution in [2.24, 2.45) is 0 Å². The van der Waals surface area contributed by atoms with E-state index < -0.39 is 0 Å². The van der Waals surface area contributed by atoms with Gasteiger partial charge in [-0.2, -0.15) is 0 Å². The molecule has 0 unspecified atom stereocenters. The van der Waals surface area contributed by atoms with Crippen LogP contribution in [0.3, 0.4) is 0 Å². The summed E-state index contributed by atoms with van der Waals surface area (Å²) in [5.74, 6) is 1.56. The van der Waals surface area contributed by atoms with Crippen LogP contribution in [-0.4, -0.2) is 52.7 Å². The Morgan fingerprint density at radius 3 is 2.88 bits per heavy atom. The van der Waals surface area contributed by atoms with E-state index in [-0.39, 0.29) is 12.0 Å². The highest BCUT2D eigenvalue weighted by atomic mass is 16.5. The van der Waals surface area contributed by atoms with Crippen LogP contribution in [0.4, 0.5) is 5.82 Å². The smallest absolute Gasteiger partial charge is 0.223 e. The number of carbonyl (C=O) groups excluding carboxylic acids is 1. The molecule has 2 aromatic rings. The number of morpholine rings is 1. The summed E-state index contributed by atoms with van der Waals surface area (Å²) in [6.07, 6.45) is 4.06. The molecule has 3 heterocycles. The van der Waals surface area contributed by atoms with Gasteiger partial charge in [0.2, 0.25) is 5.91 Å². The van der Waals surface area contributed by atoms with Crippen molar-refractivity contribution < 1.29 is 14.1 Å². The molecule has 0 aromatic carbocycles. The average molecular weight is 345 g/mol. The summed E-state index contributed by atoms with van der Waals surface area (Å²) in [4.78, 5) is 23.1. The first-order chi connectivity index (χ1) is 12.1. The van der Waals surface area contributed by atoms with E-state index in [0.717, 1.165) is 22.7 Å². The lowest BCUT2D eigenvalue weighted by Gasteiger charge is -2.33. The van der Waals surface area contributed by atoms with Gasteiger partial charge in [-0.1, -0.05) is 5.16 Å². The number of carbonyl (C=O) groups is 1. The molecule has 3 rings (SSSR count). The summed E-state index contributed by atoms with van der Waals surface area (Å²) < 4.78 is 11.0.